The van der Waals surface area contributed by atoms with Gasteiger partial charge in [0.15, 0.2) is 0 Å². The highest BCUT2D eigenvalue weighted by Crippen LogP contribution is 2.57. The van der Waals surface area contributed by atoms with Crippen LogP contribution in [0.25, 0.3) is 0 Å². The van der Waals surface area contributed by atoms with E-state index in [0.717, 1.165) is 30.8 Å². The molecule has 3 atom stereocenters. The SMILES string of the molecule is CCOc1ccc(CN(C)C(=O)C2(N)C3CCCOC3C2(C)C)cc1.Cl. The maximum atomic E-state index is 13.2. The summed E-state index contributed by atoms with van der Waals surface area (Å²) in [6.07, 6.45) is 2.04. The smallest absolute Gasteiger partial charge is 0.243 e. The van der Waals surface area contributed by atoms with Gasteiger partial charge in [-0.05, 0) is 37.5 Å². The fourth-order valence-electron chi connectivity index (χ4n) is 4.53. The highest BCUT2D eigenvalue weighted by Gasteiger charge is 2.70. The van der Waals surface area contributed by atoms with Crippen LogP contribution in [-0.2, 0) is 16.1 Å². The zero-order valence-electron chi connectivity index (χ0n) is 16.2. The Balaban J connectivity index is 0.00000243. The second-order valence-corrected chi connectivity index (χ2v) is 7.87. The van der Waals surface area contributed by atoms with Gasteiger partial charge in [0.25, 0.3) is 0 Å². The zero-order chi connectivity index (χ0) is 18.2. The fraction of sp³-hybridized carbons (Fsp3) is 0.650. The molecule has 0 bridgehead atoms. The van der Waals surface area contributed by atoms with Crippen LogP contribution in [0.2, 0.25) is 0 Å². The maximum absolute atomic E-state index is 13.2. The van der Waals surface area contributed by atoms with Gasteiger partial charge in [0.2, 0.25) is 5.91 Å². The lowest BCUT2D eigenvalue weighted by Gasteiger charge is -2.65. The third kappa shape index (κ3) is 3.21. The van der Waals surface area contributed by atoms with Crippen molar-refractivity contribution in [2.24, 2.45) is 17.1 Å². The lowest BCUT2D eigenvalue weighted by Crippen LogP contribution is -2.82. The average molecular weight is 383 g/mol. The molecule has 3 unspecified atom stereocenters. The van der Waals surface area contributed by atoms with Crippen molar-refractivity contribution < 1.29 is 14.3 Å². The molecule has 2 N–H and O–H groups in total. The zero-order valence-corrected chi connectivity index (χ0v) is 17.0. The first-order chi connectivity index (χ1) is 11.8. The molecule has 6 heteroatoms. The molecular formula is C20H31ClN2O3. The molecule has 1 aromatic rings. The summed E-state index contributed by atoms with van der Waals surface area (Å²) in [5.74, 6) is 0.975. The van der Waals surface area contributed by atoms with E-state index >= 15 is 0 Å². The van der Waals surface area contributed by atoms with Gasteiger partial charge in [0.05, 0.1) is 12.7 Å². The topological polar surface area (TPSA) is 64.8 Å². The third-order valence-electron chi connectivity index (χ3n) is 6.04. The van der Waals surface area contributed by atoms with Crippen molar-refractivity contribution in [2.45, 2.75) is 51.8 Å². The Labute approximate surface area is 162 Å². The first kappa shape index (κ1) is 21.0. The number of halogens is 1. The molecule has 1 amide bonds. The minimum absolute atomic E-state index is 0. The number of carbonyl (C=O) groups is 1. The average Bonchev–Trinajstić information content (AvgIpc) is 2.62. The molecule has 146 valence electrons. The molecule has 1 aliphatic carbocycles. The van der Waals surface area contributed by atoms with Crippen molar-refractivity contribution in [2.75, 3.05) is 20.3 Å². The van der Waals surface area contributed by atoms with Crippen LogP contribution in [0.1, 0.15) is 39.2 Å². The van der Waals surface area contributed by atoms with Crippen molar-refractivity contribution in [3.8, 4) is 5.75 Å². The number of rotatable bonds is 5. The first-order valence-corrected chi connectivity index (χ1v) is 9.20. The van der Waals surface area contributed by atoms with E-state index in [-0.39, 0.29) is 35.8 Å². The lowest BCUT2D eigenvalue weighted by atomic mass is 9.46. The van der Waals surface area contributed by atoms with Gasteiger partial charge in [-0.15, -0.1) is 12.4 Å². The van der Waals surface area contributed by atoms with Crippen LogP contribution in [0.3, 0.4) is 0 Å². The van der Waals surface area contributed by atoms with Crippen molar-refractivity contribution in [3.05, 3.63) is 29.8 Å². The molecule has 1 saturated heterocycles. The number of amides is 1. The maximum Gasteiger partial charge on any atom is 0.243 e. The van der Waals surface area contributed by atoms with E-state index in [2.05, 4.69) is 13.8 Å². The number of hydrogen-bond donors (Lipinski definition) is 1. The van der Waals surface area contributed by atoms with Gasteiger partial charge < -0.3 is 20.1 Å². The number of fused-ring (bicyclic) bond motifs is 1. The molecular weight excluding hydrogens is 352 g/mol. The number of ether oxygens (including phenoxy) is 2. The summed E-state index contributed by atoms with van der Waals surface area (Å²) in [4.78, 5) is 15.0. The highest BCUT2D eigenvalue weighted by molar-refractivity contribution is 5.89. The normalized spacial score (nSPS) is 29.0. The molecule has 5 nitrogen and oxygen atoms in total. The van der Waals surface area contributed by atoms with Crippen molar-refractivity contribution in [1.29, 1.82) is 0 Å². The highest BCUT2D eigenvalue weighted by atomic mass is 35.5. The molecule has 1 saturated carbocycles. The predicted octanol–water partition coefficient (Wildman–Crippen LogP) is 3.00. The molecule has 26 heavy (non-hydrogen) atoms. The Hall–Kier alpha value is -1.30. The Bertz CT molecular complexity index is 634. The van der Waals surface area contributed by atoms with Crippen LogP contribution in [0.5, 0.6) is 5.75 Å². The van der Waals surface area contributed by atoms with Crippen LogP contribution in [-0.4, -0.2) is 42.7 Å². The fourth-order valence-corrected chi connectivity index (χ4v) is 4.53. The molecule has 0 spiro atoms. The Morgan fingerprint density at radius 3 is 2.62 bits per heavy atom. The molecule has 2 aliphatic rings. The summed E-state index contributed by atoms with van der Waals surface area (Å²) in [5, 5.41) is 0. The summed E-state index contributed by atoms with van der Waals surface area (Å²) in [6, 6.07) is 7.87. The quantitative estimate of drug-likeness (QED) is 0.850. The van der Waals surface area contributed by atoms with E-state index in [4.69, 9.17) is 15.2 Å². The Morgan fingerprint density at radius 1 is 1.35 bits per heavy atom. The van der Waals surface area contributed by atoms with Crippen molar-refractivity contribution in [1.82, 2.24) is 4.90 Å². The summed E-state index contributed by atoms with van der Waals surface area (Å²) in [6.45, 7) is 8.04. The molecule has 1 aromatic carbocycles. The largest absolute Gasteiger partial charge is 0.494 e. The third-order valence-corrected chi connectivity index (χ3v) is 6.04. The minimum atomic E-state index is -0.849. The van der Waals surface area contributed by atoms with Gasteiger partial charge >= 0.3 is 0 Å². The van der Waals surface area contributed by atoms with Crippen LogP contribution in [0, 0.1) is 11.3 Å². The monoisotopic (exact) mass is 382 g/mol. The number of nitrogens with zero attached hydrogens (tertiary/aromatic N) is 1. The van der Waals surface area contributed by atoms with Crippen molar-refractivity contribution >= 4 is 18.3 Å². The van der Waals surface area contributed by atoms with Gasteiger partial charge in [-0.1, -0.05) is 26.0 Å². The van der Waals surface area contributed by atoms with Gasteiger partial charge in [-0.2, -0.15) is 0 Å². The van der Waals surface area contributed by atoms with Gasteiger partial charge in [-0.3, -0.25) is 4.79 Å². The van der Waals surface area contributed by atoms with Crippen LogP contribution >= 0.6 is 12.4 Å². The number of hydrogen-bond acceptors (Lipinski definition) is 4. The number of likely N-dealkylation sites (N-methyl/N-ethyl adjacent to an activating group) is 1. The van der Waals surface area contributed by atoms with E-state index in [1.54, 1.807) is 4.90 Å². The summed E-state index contributed by atoms with van der Waals surface area (Å²) in [7, 11) is 1.83. The molecule has 3 rings (SSSR count). The van der Waals surface area contributed by atoms with Gasteiger partial charge in [0.1, 0.15) is 11.3 Å². The molecule has 2 fully saturated rings. The summed E-state index contributed by atoms with van der Waals surface area (Å²) >= 11 is 0. The molecule has 0 radical (unpaired) electrons. The lowest BCUT2D eigenvalue weighted by molar-refractivity contribution is -0.229. The molecule has 0 aromatic heterocycles. The number of carbonyl (C=O) groups excluding carboxylic acids is 1. The summed E-state index contributed by atoms with van der Waals surface area (Å²) < 4.78 is 11.4. The molecule has 1 heterocycles. The minimum Gasteiger partial charge on any atom is -0.494 e. The number of benzene rings is 1. The van der Waals surface area contributed by atoms with Crippen molar-refractivity contribution in [3.63, 3.8) is 0 Å². The van der Waals surface area contributed by atoms with Gasteiger partial charge in [0, 0.05) is 31.5 Å². The second kappa shape index (κ2) is 7.75. The van der Waals surface area contributed by atoms with Crippen LogP contribution < -0.4 is 10.5 Å². The van der Waals surface area contributed by atoms with E-state index in [1.807, 2.05) is 38.2 Å². The van der Waals surface area contributed by atoms with E-state index in [9.17, 15) is 4.79 Å². The van der Waals surface area contributed by atoms with Gasteiger partial charge in [-0.25, -0.2) is 0 Å². The van der Waals surface area contributed by atoms with E-state index in [1.165, 1.54) is 0 Å². The Morgan fingerprint density at radius 2 is 2.00 bits per heavy atom. The van der Waals surface area contributed by atoms with E-state index in [0.29, 0.717) is 13.2 Å². The second-order valence-electron chi connectivity index (χ2n) is 7.87. The Kier molecular flexibility index (Phi) is 6.26. The van der Waals surface area contributed by atoms with Crippen LogP contribution in [0.4, 0.5) is 0 Å². The summed E-state index contributed by atoms with van der Waals surface area (Å²) in [5.41, 5.74) is 6.58. The van der Waals surface area contributed by atoms with E-state index < -0.39 is 5.54 Å². The first-order valence-electron chi connectivity index (χ1n) is 9.20. The molecule has 1 aliphatic heterocycles. The standard InChI is InChI=1S/C20H30N2O3.ClH/c1-5-24-15-10-8-14(9-11-15)13-22(4)18(23)20(21)16-7-6-12-25-17(16)19(20,2)3;/h8-11,16-17H,5-7,12-13,21H2,1-4H3;1H. The number of nitrogens with two attached hydrogens (primary N) is 1. The predicted molar refractivity (Wildman–Crippen MR) is 104 cm³/mol. The van der Waals surface area contributed by atoms with Crippen LogP contribution in [0.15, 0.2) is 24.3 Å².